The molecule has 3 rings (SSSR count). The van der Waals surface area contributed by atoms with E-state index in [1.54, 1.807) is 19.1 Å². The normalized spacial score (nSPS) is 28.1. The Morgan fingerprint density at radius 2 is 2.12 bits per heavy atom. The van der Waals surface area contributed by atoms with Gasteiger partial charge in [0.2, 0.25) is 11.8 Å². The Hall–Kier alpha value is -1.95. The molecule has 2 atom stereocenters. The summed E-state index contributed by atoms with van der Waals surface area (Å²) in [5.74, 6) is -0.638. The Balaban J connectivity index is 1.63. The molecule has 3 N–H and O–H groups in total. The van der Waals surface area contributed by atoms with Gasteiger partial charge >= 0.3 is 0 Å². The molecule has 0 aromatic heterocycles. The highest BCUT2D eigenvalue weighted by Gasteiger charge is 2.65. The number of benzene rings is 1. The zero-order chi connectivity index (χ0) is 17.7. The fourth-order valence-corrected chi connectivity index (χ4v) is 4.52. The Kier molecular flexibility index (Phi) is 3.91. The van der Waals surface area contributed by atoms with Gasteiger partial charge in [-0.1, -0.05) is 19.9 Å². The highest BCUT2D eigenvalue weighted by Crippen LogP contribution is 2.62. The zero-order valence-corrected chi connectivity index (χ0v) is 14.4. The molecule has 1 saturated carbocycles. The number of nitrogens with zero attached hydrogens (tertiary/aromatic N) is 1. The molecular formula is C18H24FN3O2. The number of carbonyl (C=O) groups is 2. The van der Waals surface area contributed by atoms with Crippen molar-refractivity contribution < 1.29 is 14.0 Å². The van der Waals surface area contributed by atoms with Crippen molar-refractivity contribution in [2.75, 3.05) is 25.0 Å². The van der Waals surface area contributed by atoms with Crippen LogP contribution in [0.4, 0.5) is 10.1 Å². The number of amides is 2. The van der Waals surface area contributed by atoms with Crippen LogP contribution in [0.1, 0.15) is 25.8 Å². The van der Waals surface area contributed by atoms with Crippen molar-refractivity contribution in [1.82, 2.24) is 4.90 Å². The number of anilines is 1. The quantitative estimate of drug-likeness (QED) is 0.884. The van der Waals surface area contributed by atoms with Gasteiger partial charge in [0.25, 0.3) is 0 Å². The number of rotatable bonds is 4. The van der Waals surface area contributed by atoms with Gasteiger partial charge in [-0.05, 0) is 42.4 Å². The Morgan fingerprint density at radius 1 is 1.42 bits per heavy atom. The summed E-state index contributed by atoms with van der Waals surface area (Å²) in [4.78, 5) is 26.1. The monoisotopic (exact) mass is 333 g/mol. The number of hydrogen-bond acceptors (Lipinski definition) is 3. The first-order valence-corrected chi connectivity index (χ1v) is 8.22. The van der Waals surface area contributed by atoms with E-state index in [1.165, 1.54) is 6.07 Å². The molecule has 1 aromatic rings. The Bertz CT molecular complexity index is 704. The summed E-state index contributed by atoms with van der Waals surface area (Å²) in [7, 11) is 0. The van der Waals surface area contributed by atoms with Gasteiger partial charge in [-0.15, -0.1) is 0 Å². The second-order valence-corrected chi connectivity index (χ2v) is 7.92. The molecule has 6 heteroatoms. The molecule has 5 nitrogen and oxygen atoms in total. The van der Waals surface area contributed by atoms with Crippen molar-refractivity contribution >= 4 is 17.5 Å². The minimum atomic E-state index is -0.500. The van der Waals surface area contributed by atoms with Gasteiger partial charge in [0.15, 0.2) is 0 Å². The van der Waals surface area contributed by atoms with Crippen LogP contribution in [0.3, 0.4) is 0 Å². The van der Waals surface area contributed by atoms with Gasteiger partial charge in [0.1, 0.15) is 5.82 Å². The molecule has 1 aliphatic carbocycles. The van der Waals surface area contributed by atoms with Gasteiger partial charge in [-0.25, -0.2) is 4.39 Å². The average Bonchev–Trinajstić information content (AvgIpc) is 2.78. The van der Waals surface area contributed by atoms with Gasteiger partial charge < -0.3 is 11.1 Å². The third-order valence-electron chi connectivity index (χ3n) is 5.64. The lowest BCUT2D eigenvalue weighted by Gasteiger charge is -2.54. The first-order valence-electron chi connectivity index (χ1n) is 8.22. The average molecular weight is 333 g/mol. The Labute approximate surface area is 141 Å². The summed E-state index contributed by atoms with van der Waals surface area (Å²) in [6.07, 6.45) is 0.765. The SMILES string of the molecule is Cc1ccc(NC(=O)CN2C[C@@H]3C(C)(C)C[C@]3(C(N)=O)C2)cc1F. The predicted octanol–water partition coefficient (Wildman–Crippen LogP) is 1.91. The van der Waals surface area contributed by atoms with Crippen LogP contribution in [0.25, 0.3) is 0 Å². The number of halogens is 1. The van der Waals surface area contributed by atoms with Gasteiger partial charge in [-0.2, -0.15) is 0 Å². The van der Waals surface area contributed by atoms with Crippen LogP contribution in [0.5, 0.6) is 0 Å². The number of likely N-dealkylation sites (tertiary alicyclic amines) is 1. The maximum atomic E-state index is 13.6. The summed E-state index contributed by atoms with van der Waals surface area (Å²) < 4.78 is 13.6. The smallest absolute Gasteiger partial charge is 0.238 e. The van der Waals surface area contributed by atoms with Crippen molar-refractivity contribution in [2.45, 2.75) is 27.2 Å². The zero-order valence-electron chi connectivity index (χ0n) is 14.4. The van der Waals surface area contributed by atoms with Crippen molar-refractivity contribution in [3.63, 3.8) is 0 Å². The van der Waals surface area contributed by atoms with Crippen LogP contribution < -0.4 is 11.1 Å². The van der Waals surface area contributed by atoms with E-state index < -0.39 is 5.41 Å². The lowest BCUT2D eigenvalue weighted by atomic mass is 9.48. The van der Waals surface area contributed by atoms with Crippen molar-refractivity contribution in [2.24, 2.45) is 22.5 Å². The van der Waals surface area contributed by atoms with Crippen molar-refractivity contribution in [3.05, 3.63) is 29.6 Å². The number of hydrogen-bond donors (Lipinski definition) is 2. The molecule has 2 aliphatic rings. The summed E-state index contributed by atoms with van der Waals surface area (Å²) in [5.41, 5.74) is 6.18. The van der Waals surface area contributed by atoms with E-state index in [-0.39, 0.29) is 35.5 Å². The topological polar surface area (TPSA) is 75.4 Å². The van der Waals surface area contributed by atoms with Crippen molar-refractivity contribution in [3.8, 4) is 0 Å². The molecular weight excluding hydrogens is 309 g/mol. The largest absolute Gasteiger partial charge is 0.369 e. The third kappa shape index (κ3) is 2.69. The lowest BCUT2D eigenvalue weighted by Crippen LogP contribution is -2.59. The van der Waals surface area contributed by atoms with Crippen LogP contribution in [0.15, 0.2) is 18.2 Å². The molecule has 0 radical (unpaired) electrons. The fraction of sp³-hybridized carbons (Fsp3) is 0.556. The predicted molar refractivity (Wildman–Crippen MR) is 89.7 cm³/mol. The van der Waals surface area contributed by atoms with E-state index in [0.29, 0.717) is 24.3 Å². The number of carbonyl (C=O) groups excluding carboxylic acids is 2. The molecule has 2 fully saturated rings. The first kappa shape index (κ1) is 16.9. The fourth-order valence-electron chi connectivity index (χ4n) is 4.52. The number of aryl methyl sites for hydroxylation is 1. The van der Waals surface area contributed by atoms with E-state index in [1.807, 2.05) is 4.90 Å². The first-order chi connectivity index (χ1) is 11.1. The maximum Gasteiger partial charge on any atom is 0.238 e. The molecule has 0 bridgehead atoms. The molecule has 1 aromatic carbocycles. The van der Waals surface area contributed by atoms with E-state index in [2.05, 4.69) is 19.2 Å². The summed E-state index contributed by atoms with van der Waals surface area (Å²) >= 11 is 0. The molecule has 130 valence electrons. The number of nitrogens with two attached hydrogens (primary N) is 1. The van der Waals surface area contributed by atoms with E-state index >= 15 is 0 Å². The highest BCUT2D eigenvalue weighted by atomic mass is 19.1. The maximum absolute atomic E-state index is 13.6. The van der Waals surface area contributed by atoms with Crippen LogP contribution in [0.2, 0.25) is 0 Å². The van der Waals surface area contributed by atoms with Gasteiger partial charge in [0, 0.05) is 18.8 Å². The van der Waals surface area contributed by atoms with Crippen LogP contribution in [-0.4, -0.2) is 36.3 Å². The van der Waals surface area contributed by atoms with Crippen LogP contribution in [-0.2, 0) is 9.59 Å². The third-order valence-corrected chi connectivity index (χ3v) is 5.64. The van der Waals surface area contributed by atoms with Crippen molar-refractivity contribution in [1.29, 1.82) is 0 Å². The molecule has 0 spiro atoms. The van der Waals surface area contributed by atoms with E-state index in [4.69, 9.17) is 5.73 Å². The van der Waals surface area contributed by atoms with E-state index in [0.717, 1.165) is 6.42 Å². The minimum Gasteiger partial charge on any atom is -0.369 e. The number of nitrogens with one attached hydrogen (secondary N) is 1. The van der Waals surface area contributed by atoms with Crippen LogP contribution >= 0.6 is 0 Å². The molecule has 2 amide bonds. The van der Waals surface area contributed by atoms with Gasteiger partial charge in [0.05, 0.1) is 12.0 Å². The molecule has 1 saturated heterocycles. The summed E-state index contributed by atoms with van der Waals surface area (Å²) in [6.45, 7) is 7.33. The number of primary amides is 1. The molecule has 24 heavy (non-hydrogen) atoms. The summed E-state index contributed by atoms with van der Waals surface area (Å²) in [5, 5.41) is 2.71. The van der Waals surface area contributed by atoms with E-state index in [9.17, 15) is 14.0 Å². The highest BCUT2D eigenvalue weighted by molar-refractivity contribution is 5.92. The van der Waals surface area contributed by atoms with Gasteiger partial charge in [-0.3, -0.25) is 14.5 Å². The number of fused-ring (bicyclic) bond motifs is 1. The summed E-state index contributed by atoms with van der Waals surface area (Å²) in [6, 6.07) is 4.62. The molecule has 0 unspecified atom stereocenters. The lowest BCUT2D eigenvalue weighted by molar-refractivity contribution is -0.148. The van der Waals surface area contributed by atoms with Crippen LogP contribution in [0, 0.1) is 29.5 Å². The molecule has 1 heterocycles. The second-order valence-electron chi connectivity index (χ2n) is 7.92. The second kappa shape index (κ2) is 5.55. The standard InChI is InChI=1S/C18H24FN3O2/c1-11-4-5-12(6-13(11)19)21-15(23)8-22-7-14-17(2,3)9-18(14,10-22)16(20)24/h4-6,14H,7-10H2,1-3H3,(H2,20,24)(H,21,23)/t14-,18+/m1/s1. The molecule has 1 aliphatic heterocycles. The minimum absolute atomic E-state index is 0.0698. The Morgan fingerprint density at radius 3 is 2.67 bits per heavy atom.